The highest BCUT2D eigenvalue weighted by atomic mass is 16.3. The van der Waals surface area contributed by atoms with Gasteiger partial charge in [-0.25, -0.2) is 0 Å². The number of β-amino-alcohol motifs (C(OH)–C–C–N with tert-alkyl or cyclic N) is 1. The number of hydrogen-bond donors (Lipinski definition) is 2. The zero-order valence-electron chi connectivity index (χ0n) is 13.6. The van der Waals surface area contributed by atoms with Gasteiger partial charge in [0, 0.05) is 37.9 Å². The molecule has 1 aliphatic heterocycles. The predicted octanol–water partition coefficient (Wildman–Crippen LogP) is 2.37. The first-order valence-electron chi connectivity index (χ1n) is 8.32. The van der Waals surface area contributed by atoms with E-state index in [9.17, 15) is 5.11 Å². The largest absolute Gasteiger partial charge is 0.392 e. The first-order chi connectivity index (χ1) is 11.2. The Morgan fingerprint density at radius 2 is 2.00 bits per heavy atom. The third-order valence-electron chi connectivity index (χ3n) is 4.53. The Morgan fingerprint density at radius 1 is 1.22 bits per heavy atom. The fourth-order valence-electron chi connectivity index (χ4n) is 3.23. The van der Waals surface area contributed by atoms with Gasteiger partial charge < -0.3 is 10.4 Å². The van der Waals surface area contributed by atoms with Crippen LogP contribution in [0.5, 0.6) is 0 Å². The Morgan fingerprint density at radius 3 is 2.74 bits per heavy atom. The second-order valence-corrected chi connectivity index (χ2v) is 6.34. The van der Waals surface area contributed by atoms with E-state index in [0.29, 0.717) is 6.04 Å². The number of pyridine rings is 1. The highest BCUT2D eigenvalue weighted by Gasteiger charge is 2.30. The number of nitrogens with one attached hydrogen (secondary N) is 1. The molecule has 3 rings (SSSR count). The molecular weight excluding hydrogens is 286 g/mol. The minimum absolute atomic E-state index is 0.215. The Labute approximate surface area is 138 Å². The fourth-order valence-corrected chi connectivity index (χ4v) is 3.23. The van der Waals surface area contributed by atoms with Crippen LogP contribution in [0.2, 0.25) is 0 Å². The average Bonchev–Trinajstić information content (AvgIpc) is 2.94. The van der Waals surface area contributed by atoms with Crippen molar-refractivity contribution >= 4 is 0 Å². The van der Waals surface area contributed by atoms with Gasteiger partial charge >= 0.3 is 0 Å². The molecule has 2 heterocycles. The Bertz CT molecular complexity index is 590. The predicted molar refractivity (Wildman–Crippen MR) is 91.9 cm³/mol. The van der Waals surface area contributed by atoms with Crippen LogP contribution in [-0.4, -0.2) is 40.2 Å². The molecule has 0 spiro atoms. The Hall–Kier alpha value is -1.75. The Balaban J connectivity index is 1.57. The van der Waals surface area contributed by atoms with Crippen molar-refractivity contribution in [1.82, 2.24) is 15.2 Å². The molecular formula is C19H25N3O. The van der Waals surface area contributed by atoms with E-state index < -0.39 is 0 Å². The molecule has 3 atom stereocenters. The van der Waals surface area contributed by atoms with Crippen LogP contribution < -0.4 is 5.32 Å². The summed E-state index contributed by atoms with van der Waals surface area (Å²) in [5.74, 6) is 0. The molecule has 0 amide bonds. The summed E-state index contributed by atoms with van der Waals surface area (Å²) in [6, 6.07) is 17.0. The number of aromatic nitrogens is 1. The lowest BCUT2D eigenvalue weighted by Gasteiger charge is -2.26. The van der Waals surface area contributed by atoms with Crippen molar-refractivity contribution < 1.29 is 5.11 Å². The fraction of sp³-hybridized carbons (Fsp3) is 0.421. The Kier molecular flexibility index (Phi) is 5.39. The summed E-state index contributed by atoms with van der Waals surface area (Å²) in [6.45, 7) is 4.64. The van der Waals surface area contributed by atoms with Crippen LogP contribution in [0.3, 0.4) is 0 Å². The lowest BCUT2D eigenvalue weighted by atomic mass is 10.1. The van der Waals surface area contributed by atoms with Gasteiger partial charge in [0.25, 0.3) is 0 Å². The molecule has 122 valence electrons. The molecule has 4 heteroatoms. The van der Waals surface area contributed by atoms with E-state index >= 15 is 0 Å². The summed E-state index contributed by atoms with van der Waals surface area (Å²) in [6.07, 6.45) is 2.43. The minimum atomic E-state index is -0.226. The maximum absolute atomic E-state index is 10.0. The van der Waals surface area contributed by atoms with E-state index in [1.165, 1.54) is 5.56 Å². The van der Waals surface area contributed by atoms with Gasteiger partial charge in [-0.15, -0.1) is 0 Å². The first kappa shape index (κ1) is 16.1. The normalized spacial score (nSPS) is 23.0. The summed E-state index contributed by atoms with van der Waals surface area (Å²) in [5, 5.41) is 13.6. The third kappa shape index (κ3) is 4.38. The van der Waals surface area contributed by atoms with Crippen molar-refractivity contribution in [2.45, 2.75) is 38.1 Å². The van der Waals surface area contributed by atoms with Crippen molar-refractivity contribution in [3.05, 3.63) is 66.0 Å². The number of benzene rings is 1. The van der Waals surface area contributed by atoms with Gasteiger partial charge in [0.05, 0.1) is 11.8 Å². The minimum Gasteiger partial charge on any atom is -0.392 e. The van der Waals surface area contributed by atoms with Crippen molar-refractivity contribution in [1.29, 1.82) is 0 Å². The summed E-state index contributed by atoms with van der Waals surface area (Å²) in [4.78, 5) is 6.77. The van der Waals surface area contributed by atoms with Crippen LogP contribution in [0.25, 0.3) is 0 Å². The number of aliphatic hydroxyl groups is 1. The van der Waals surface area contributed by atoms with E-state index in [1.807, 2.05) is 30.5 Å². The summed E-state index contributed by atoms with van der Waals surface area (Å²) in [7, 11) is 0. The number of hydrogen-bond acceptors (Lipinski definition) is 4. The molecule has 0 saturated carbocycles. The van der Waals surface area contributed by atoms with Crippen molar-refractivity contribution in [2.24, 2.45) is 0 Å². The SMILES string of the molecule is CC(NCC1CC(O)CN1Cc1ccccc1)c1ccccn1. The zero-order valence-corrected chi connectivity index (χ0v) is 13.6. The smallest absolute Gasteiger partial charge is 0.0682 e. The molecule has 2 aromatic rings. The number of nitrogens with zero attached hydrogens (tertiary/aromatic N) is 2. The van der Waals surface area contributed by atoms with Crippen LogP contribution in [-0.2, 0) is 6.54 Å². The molecule has 1 fully saturated rings. The molecule has 3 unspecified atom stereocenters. The van der Waals surface area contributed by atoms with Crippen molar-refractivity contribution in [2.75, 3.05) is 13.1 Å². The number of rotatable bonds is 6. The lowest BCUT2D eigenvalue weighted by Crippen LogP contribution is -2.38. The molecule has 23 heavy (non-hydrogen) atoms. The highest BCUT2D eigenvalue weighted by molar-refractivity contribution is 5.15. The maximum atomic E-state index is 10.0. The summed E-state index contributed by atoms with van der Waals surface area (Å²) >= 11 is 0. The van der Waals surface area contributed by atoms with E-state index in [4.69, 9.17) is 0 Å². The van der Waals surface area contributed by atoms with E-state index in [-0.39, 0.29) is 12.1 Å². The molecule has 1 aromatic heterocycles. The monoisotopic (exact) mass is 311 g/mol. The van der Waals surface area contributed by atoms with Crippen molar-refractivity contribution in [3.63, 3.8) is 0 Å². The zero-order chi connectivity index (χ0) is 16.1. The van der Waals surface area contributed by atoms with Crippen LogP contribution in [0.1, 0.15) is 30.6 Å². The first-order valence-corrected chi connectivity index (χ1v) is 8.32. The molecule has 4 nitrogen and oxygen atoms in total. The van der Waals surface area contributed by atoms with Crippen LogP contribution >= 0.6 is 0 Å². The van der Waals surface area contributed by atoms with Crippen LogP contribution in [0.15, 0.2) is 54.7 Å². The van der Waals surface area contributed by atoms with Crippen LogP contribution in [0, 0.1) is 0 Å². The quantitative estimate of drug-likeness (QED) is 0.860. The van der Waals surface area contributed by atoms with Gasteiger partial charge in [-0.3, -0.25) is 9.88 Å². The van der Waals surface area contributed by atoms with Gasteiger partial charge in [0.1, 0.15) is 0 Å². The summed E-state index contributed by atoms with van der Waals surface area (Å²) < 4.78 is 0. The van der Waals surface area contributed by atoms with E-state index in [1.54, 1.807) is 0 Å². The van der Waals surface area contributed by atoms with Gasteiger partial charge in [-0.2, -0.15) is 0 Å². The molecule has 1 saturated heterocycles. The third-order valence-corrected chi connectivity index (χ3v) is 4.53. The van der Waals surface area contributed by atoms with E-state index in [0.717, 1.165) is 31.7 Å². The van der Waals surface area contributed by atoms with Gasteiger partial charge in [-0.05, 0) is 31.0 Å². The second kappa shape index (κ2) is 7.68. The standard InChI is InChI=1S/C19H25N3O/c1-15(19-9-5-6-10-20-19)21-12-17-11-18(23)14-22(17)13-16-7-3-2-4-8-16/h2-10,15,17-18,21,23H,11-14H2,1H3. The van der Waals surface area contributed by atoms with Crippen molar-refractivity contribution in [3.8, 4) is 0 Å². The molecule has 2 N–H and O–H groups in total. The van der Waals surface area contributed by atoms with Crippen LogP contribution in [0.4, 0.5) is 0 Å². The number of aliphatic hydroxyl groups excluding tert-OH is 1. The highest BCUT2D eigenvalue weighted by Crippen LogP contribution is 2.21. The van der Waals surface area contributed by atoms with E-state index in [2.05, 4.69) is 46.4 Å². The average molecular weight is 311 g/mol. The lowest BCUT2D eigenvalue weighted by molar-refractivity contribution is 0.172. The van der Waals surface area contributed by atoms with Gasteiger partial charge in [-0.1, -0.05) is 36.4 Å². The number of likely N-dealkylation sites (tertiary alicyclic amines) is 1. The summed E-state index contributed by atoms with van der Waals surface area (Å²) in [5.41, 5.74) is 2.35. The topological polar surface area (TPSA) is 48.4 Å². The van der Waals surface area contributed by atoms with Gasteiger partial charge in [0.15, 0.2) is 0 Å². The maximum Gasteiger partial charge on any atom is 0.0682 e. The van der Waals surface area contributed by atoms with Gasteiger partial charge in [0.2, 0.25) is 0 Å². The molecule has 0 radical (unpaired) electrons. The second-order valence-electron chi connectivity index (χ2n) is 6.34. The molecule has 0 aliphatic carbocycles. The molecule has 0 bridgehead atoms. The molecule has 1 aliphatic rings. The molecule has 1 aromatic carbocycles.